The summed E-state index contributed by atoms with van der Waals surface area (Å²) in [6.45, 7) is 0. The van der Waals surface area contributed by atoms with E-state index in [1.165, 1.54) is 12.1 Å². The average Bonchev–Trinajstić information content (AvgIpc) is 2.42. The van der Waals surface area contributed by atoms with Crippen LogP contribution in [0.3, 0.4) is 0 Å². The van der Waals surface area contributed by atoms with Crippen molar-refractivity contribution in [1.29, 1.82) is 0 Å². The SMILES string of the molecule is O=C(Nc1c(Cl)cc(F)cc1Br)c1ccc(C(=O)O)nc1. The molecule has 5 nitrogen and oxygen atoms in total. The number of benzene rings is 1. The van der Waals surface area contributed by atoms with Gasteiger partial charge in [-0.2, -0.15) is 0 Å². The molecule has 0 fully saturated rings. The molecule has 0 aliphatic rings. The van der Waals surface area contributed by atoms with Crippen LogP contribution >= 0.6 is 27.5 Å². The van der Waals surface area contributed by atoms with Gasteiger partial charge in [-0.3, -0.25) is 4.79 Å². The van der Waals surface area contributed by atoms with Gasteiger partial charge in [0.1, 0.15) is 11.5 Å². The molecule has 0 aliphatic heterocycles. The Kier molecular flexibility index (Phi) is 4.54. The van der Waals surface area contributed by atoms with E-state index in [1.807, 2.05) is 0 Å². The predicted molar refractivity (Wildman–Crippen MR) is 78.3 cm³/mol. The van der Waals surface area contributed by atoms with Crippen LogP contribution in [-0.4, -0.2) is 22.0 Å². The molecule has 2 rings (SSSR count). The first kappa shape index (κ1) is 15.4. The van der Waals surface area contributed by atoms with Crippen LogP contribution in [0, 0.1) is 5.82 Å². The zero-order valence-corrected chi connectivity index (χ0v) is 12.6. The zero-order chi connectivity index (χ0) is 15.6. The number of nitrogens with zero attached hydrogens (tertiary/aromatic N) is 1. The first-order valence-corrected chi connectivity index (χ1v) is 6.71. The summed E-state index contributed by atoms with van der Waals surface area (Å²) in [4.78, 5) is 26.3. The fraction of sp³-hybridized carbons (Fsp3) is 0. The number of carboxylic acids is 1. The van der Waals surface area contributed by atoms with Crippen LogP contribution in [0.15, 0.2) is 34.9 Å². The number of aromatic nitrogens is 1. The summed E-state index contributed by atoms with van der Waals surface area (Å²) < 4.78 is 13.4. The van der Waals surface area contributed by atoms with E-state index in [2.05, 4.69) is 26.2 Å². The van der Waals surface area contributed by atoms with Crippen molar-refractivity contribution in [1.82, 2.24) is 4.98 Å². The molecule has 0 saturated carbocycles. The summed E-state index contributed by atoms with van der Waals surface area (Å²) in [5.41, 5.74) is 0.185. The minimum absolute atomic E-state index is 0.0327. The number of carbonyl (C=O) groups is 2. The van der Waals surface area contributed by atoms with Crippen LogP contribution in [0.4, 0.5) is 10.1 Å². The highest BCUT2D eigenvalue weighted by Gasteiger charge is 2.14. The van der Waals surface area contributed by atoms with E-state index in [0.717, 1.165) is 18.3 Å². The van der Waals surface area contributed by atoms with Gasteiger partial charge < -0.3 is 10.4 Å². The van der Waals surface area contributed by atoms with Gasteiger partial charge in [-0.1, -0.05) is 11.6 Å². The lowest BCUT2D eigenvalue weighted by atomic mass is 10.2. The van der Waals surface area contributed by atoms with E-state index in [1.54, 1.807) is 0 Å². The first-order chi connectivity index (χ1) is 9.88. The monoisotopic (exact) mass is 372 g/mol. The van der Waals surface area contributed by atoms with Crippen LogP contribution in [0.5, 0.6) is 0 Å². The number of rotatable bonds is 3. The number of halogens is 3. The topological polar surface area (TPSA) is 79.3 Å². The van der Waals surface area contributed by atoms with Gasteiger partial charge in [-0.15, -0.1) is 0 Å². The van der Waals surface area contributed by atoms with Gasteiger partial charge in [0.15, 0.2) is 0 Å². The molecule has 1 aromatic carbocycles. The van der Waals surface area contributed by atoms with Gasteiger partial charge in [-0.25, -0.2) is 14.2 Å². The molecule has 0 spiro atoms. The Balaban J connectivity index is 2.24. The van der Waals surface area contributed by atoms with Crippen molar-refractivity contribution < 1.29 is 19.1 Å². The number of nitrogens with one attached hydrogen (secondary N) is 1. The fourth-order valence-corrected chi connectivity index (χ4v) is 2.40. The van der Waals surface area contributed by atoms with Gasteiger partial charge in [0.25, 0.3) is 5.91 Å². The Bertz CT molecular complexity index is 699. The second kappa shape index (κ2) is 6.19. The standard InChI is InChI=1S/C13H7BrClFN2O3/c14-8-3-7(16)4-9(15)11(8)18-12(19)6-1-2-10(13(20)21)17-5-6/h1-5H,(H,18,19)(H,20,21). The third kappa shape index (κ3) is 3.56. The Labute approximate surface area is 131 Å². The maximum atomic E-state index is 13.1. The van der Waals surface area contributed by atoms with Gasteiger partial charge in [0.05, 0.1) is 16.3 Å². The fourth-order valence-electron chi connectivity index (χ4n) is 1.50. The second-order valence-corrected chi connectivity index (χ2v) is 5.20. The number of anilines is 1. The van der Waals surface area contributed by atoms with Crippen molar-refractivity contribution in [3.63, 3.8) is 0 Å². The van der Waals surface area contributed by atoms with Crippen molar-refractivity contribution in [3.8, 4) is 0 Å². The van der Waals surface area contributed by atoms with Crippen LogP contribution in [0.1, 0.15) is 20.8 Å². The molecule has 8 heteroatoms. The number of pyridine rings is 1. The smallest absolute Gasteiger partial charge is 0.354 e. The van der Waals surface area contributed by atoms with Crippen molar-refractivity contribution in [2.75, 3.05) is 5.32 Å². The highest BCUT2D eigenvalue weighted by atomic mass is 79.9. The van der Waals surface area contributed by atoms with Crippen molar-refractivity contribution in [2.24, 2.45) is 0 Å². The zero-order valence-electron chi connectivity index (χ0n) is 10.2. The maximum absolute atomic E-state index is 13.1. The molecule has 2 N–H and O–H groups in total. The number of carboxylic acid groups (broad SMARTS) is 1. The first-order valence-electron chi connectivity index (χ1n) is 5.53. The Morgan fingerprint density at radius 1 is 1.33 bits per heavy atom. The molecular formula is C13H7BrClFN2O3. The summed E-state index contributed by atoms with van der Waals surface area (Å²) in [7, 11) is 0. The Morgan fingerprint density at radius 2 is 2.05 bits per heavy atom. The molecule has 2 aromatic rings. The normalized spacial score (nSPS) is 10.2. The predicted octanol–water partition coefficient (Wildman–Crippen LogP) is 3.59. The van der Waals surface area contributed by atoms with Gasteiger partial charge in [0, 0.05) is 10.7 Å². The molecule has 0 unspecified atom stereocenters. The molecular weight excluding hydrogens is 367 g/mol. The van der Waals surface area contributed by atoms with Crippen molar-refractivity contribution >= 4 is 45.1 Å². The highest BCUT2D eigenvalue weighted by Crippen LogP contribution is 2.31. The number of amides is 1. The van der Waals surface area contributed by atoms with E-state index in [-0.39, 0.29) is 26.4 Å². The van der Waals surface area contributed by atoms with Crippen LogP contribution in [0.25, 0.3) is 0 Å². The third-order valence-electron chi connectivity index (χ3n) is 2.49. The highest BCUT2D eigenvalue weighted by molar-refractivity contribution is 9.10. The van der Waals surface area contributed by atoms with Gasteiger partial charge >= 0.3 is 5.97 Å². The second-order valence-electron chi connectivity index (χ2n) is 3.94. The quantitative estimate of drug-likeness (QED) is 0.862. The van der Waals surface area contributed by atoms with E-state index >= 15 is 0 Å². The number of aromatic carboxylic acids is 1. The Morgan fingerprint density at radius 3 is 2.57 bits per heavy atom. The van der Waals surface area contributed by atoms with E-state index in [9.17, 15) is 14.0 Å². The summed E-state index contributed by atoms with van der Waals surface area (Å²) >= 11 is 8.95. The summed E-state index contributed by atoms with van der Waals surface area (Å²) in [6.07, 6.45) is 1.13. The molecule has 0 aliphatic carbocycles. The van der Waals surface area contributed by atoms with Crippen LogP contribution in [-0.2, 0) is 0 Å². The minimum atomic E-state index is -1.19. The average molecular weight is 374 g/mol. The Hall–Kier alpha value is -1.99. The largest absolute Gasteiger partial charge is 0.477 e. The lowest BCUT2D eigenvalue weighted by Crippen LogP contribution is -2.14. The molecule has 0 bridgehead atoms. The molecule has 21 heavy (non-hydrogen) atoms. The van der Waals surface area contributed by atoms with E-state index in [0.29, 0.717) is 0 Å². The van der Waals surface area contributed by atoms with Crippen molar-refractivity contribution in [3.05, 3.63) is 57.0 Å². The van der Waals surface area contributed by atoms with Gasteiger partial charge in [-0.05, 0) is 40.2 Å². The summed E-state index contributed by atoms with van der Waals surface area (Å²) in [6, 6.07) is 4.75. The van der Waals surface area contributed by atoms with E-state index in [4.69, 9.17) is 16.7 Å². The lowest BCUT2D eigenvalue weighted by Gasteiger charge is -2.09. The molecule has 1 heterocycles. The molecule has 0 saturated heterocycles. The van der Waals surface area contributed by atoms with E-state index < -0.39 is 17.7 Å². The molecule has 108 valence electrons. The lowest BCUT2D eigenvalue weighted by molar-refractivity contribution is 0.0690. The number of carbonyl (C=O) groups excluding carboxylic acids is 1. The van der Waals surface area contributed by atoms with Gasteiger partial charge in [0.2, 0.25) is 0 Å². The molecule has 1 aromatic heterocycles. The molecule has 1 amide bonds. The van der Waals surface area contributed by atoms with Crippen LogP contribution < -0.4 is 5.32 Å². The number of hydrogen-bond acceptors (Lipinski definition) is 3. The summed E-state index contributed by atoms with van der Waals surface area (Å²) in [5, 5.41) is 11.3. The van der Waals surface area contributed by atoms with Crippen LogP contribution in [0.2, 0.25) is 5.02 Å². The maximum Gasteiger partial charge on any atom is 0.354 e. The third-order valence-corrected chi connectivity index (χ3v) is 3.41. The number of hydrogen-bond donors (Lipinski definition) is 2. The molecule has 0 radical (unpaired) electrons. The van der Waals surface area contributed by atoms with Crippen molar-refractivity contribution in [2.45, 2.75) is 0 Å². The molecule has 0 atom stereocenters. The summed E-state index contributed by atoms with van der Waals surface area (Å²) in [5.74, 6) is -2.28. The minimum Gasteiger partial charge on any atom is -0.477 e.